The summed E-state index contributed by atoms with van der Waals surface area (Å²) in [4.78, 5) is 12.1. The average Bonchev–Trinajstić information content (AvgIpc) is 2.93. The zero-order chi connectivity index (χ0) is 13.9. The summed E-state index contributed by atoms with van der Waals surface area (Å²) in [5.74, 6) is -0.271. The van der Waals surface area contributed by atoms with Crippen molar-refractivity contribution in [2.24, 2.45) is 5.92 Å². The lowest BCUT2D eigenvalue weighted by molar-refractivity contribution is -0.0737. The van der Waals surface area contributed by atoms with Gasteiger partial charge in [0.05, 0.1) is 19.0 Å². The Morgan fingerprint density at radius 1 is 1.50 bits per heavy atom. The fraction of sp³-hybridized carbons (Fsp3) is 0.583. The van der Waals surface area contributed by atoms with E-state index in [0.717, 1.165) is 6.42 Å². The molecule has 2 fully saturated rings. The lowest BCUT2D eigenvalue weighted by atomic mass is 9.69. The molecule has 1 aliphatic heterocycles. The predicted molar refractivity (Wildman–Crippen MR) is 67.9 cm³/mol. The van der Waals surface area contributed by atoms with Crippen molar-refractivity contribution in [3.05, 3.63) is 17.8 Å². The second-order valence-electron chi connectivity index (χ2n) is 5.27. The number of halogens is 2. The number of hydrogen-bond acceptors (Lipinski definition) is 5. The molecule has 1 N–H and O–H groups in total. The molecule has 0 aromatic carbocycles. The fourth-order valence-electron chi connectivity index (χ4n) is 3.22. The van der Waals surface area contributed by atoms with Gasteiger partial charge in [-0.25, -0.2) is 19.3 Å². The summed E-state index contributed by atoms with van der Waals surface area (Å²) in [5, 5.41) is 9.54. The number of aromatic nitrogens is 4. The zero-order valence-corrected chi connectivity index (χ0v) is 11.2. The number of imidazole rings is 1. The topological polar surface area (TPSA) is 73.1 Å². The van der Waals surface area contributed by atoms with E-state index in [1.165, 1.54) is 12.7 Å². The summed E-state index contributed by atoms with van der Waals surface area (Å²) >= 11 is 5.95. The Kier molecular flexibility index (Phi) is 2.55. The number of fused-ring (bicyclic) bond motifs is 2. The number of aliphatic hydroxyl groups is 1. The van der Waals surface area contributed by atoms with Crippen LogP contribution in [0.4, 0.5) is 4.39 Å². The Balaban J connectivity index is 1.82. The van der Waals surface area contributed by atoms with E-state index in [1.54, 1.807) is 4.57 Å². The van der Waals surface area contributed by atoms with Gasteiger partial charge in [-0.15, -0.1) is 0 Å². The van der Waals surface area contributed by atoms with E-state index in [-0.39, 0.29) is 17.7 Å². The largest absolute Gasteiger partial charge is 0.394 e. The molecule has 4 atom stereocenters. The van der Waals surface area contributed by atoms with Crippen LogP contribution in [0.25, 0.3) is 11.2 Å². The molecule has 8 heteroatoms. The molecule has 3 heterocycles. The third-order valence-corrected chi connectivity index (χ3v) is 4.64. The summed E-state index contributed by atoms with van der Waals surface area (Å²) in [7, 11) is 0. The molecule has 20 heavy (non-hydrogen) atoms. The minimum absolute atomic E-state index is 0.185. The van der Waals surface area contributed by atoms with Gasteiger partial charge in [-0.3, -0.25) is 4.57 Å². The molecule has 0 unspecified atom stereocenters. The molecule has 0 amide bonds. The van der Waals surface area contributed by atoms with Gasteiger partial charge >= 0.3 is 0 Å². The number of alkyl halides is 1. The Morgan fingerprint density at radius 2 is 2.35 bits per heavy atom. The lowest BCUT2D eigenvalue weighted by Crippen LogP contribution is -2.47. The molecule has 1 saturated carbocycles. The predicted octanol–water partition coefficient (Wildman–Crippen LogP) is 1.49. The van der Waals surface area contributed by atoms with Crippen LogP contribution in [0.5, 0.6) is 0 Å². The highest BCUT2D eigenvalue weighted by Crippen LogP contribution is 2.57. The van der Waals surface area contributed by atoms with Gasteiger partial charge in [-0.1, -0.05) is 11.6 Å². The number of aliphatic hydroxyl groups excluding tert-OH is 1. The van der Waals surface area contributed by atoms with Crippen molar-refractivity contribution in [3.8, 4) is 0 Å². The third-order valence-electron chi connectivity index (χ3n) is 4.36. The van der Waals surface area contributed by atoms with Gasteiger partial charge in [0.2, 0.25) is 0 Å². The molecule has 2 aliphatic rings. The van der Waals surface area contributed by atoms with Gasteiger partial charge in [0.15, 0.2) is 22.7 Å². The number of ether oxygens (including phenoxy) is 1. The molecule has 2 aromatic rings. The van der Waals surface area contributed by atoms with Crippen LogP contribution in [-0.4, -0.2) is 43.0 Å². The Labute approximate surface area is 118 Å². The maximum Gasteiger partial charge on any atom is 0.171 e. The Bertz CT molecular complexity index is 681. The molecule has 0 radical (unpaired) electrons. The van der Waals surface area contributed by atoms with Crippen molar-refractivity contribution in [2.75, 3.05) is 6.61 Å². The minimum atomic E-state index is -1.47. The Hall–Kier alpha value is -1.31. The van der Waals surface area contributed by atoms with Gasteiger partial charge in [0.25, 0.3) is 0 Å². The van der Waals surface area contributed by atoms with Crippen LogP contribution >= 0.6 is 11.6 Å². The second kappa shape index (κ2) is 4.09. The molecule has 4 rings (SSSR count). The third kappa shape index (κ3) is 1.43. The van der Waals surface area contributed by atoms with Gasteiger partial charge < -0.3 is 9.84 Å². The van der Waals surface area contributed by atoms with Crippen molar-refractivity contribution < 1.29 is 14.2 Å². The van der Waals surface area contributed by atoms with Crippen LogP contribution in [0.2, 0.25) is 5.15 Å². The first-order chi connectivity index (χ1) is 9.65. The zero-order valence-electron chi connectivity index (χ0n) is 10.4. The van der Waals surface area contributed by atoms with E-state index in [1.807, 2.05) is 0 Å². The number of nitrogens with zero attached hydrogens (tertiary/aromatic N) is 4. The maximum atomic E-state index is 15.0. The van der Waals surface area contributed by atoms with E-state index in [0.29, 0.717) is 17.6 Å². The van der Waals surface area contributed by atoms with Gasteiger partial charge in [-0.2, -0.15) is 0 Å². The lowest BCUT2D eigenvalue weighted by Gasteiger charge is -2.40. The summed E-state index contributed by atoms with van der Waals surface area (Å²) < 4.78 is 22.3. The molecular weight excluding hydrogens is 287 g/mol. The highest BCUT2D eigenvalue weighted by molar-refractivity contribution is 6.33. The quantitative estimate of drug-likeness (QED) is 0.850. The van der Waals surface area contributed by atoms with E-state index in [2.05, 4.69) is 15.0 Å². The number of hydrogen-bond donors (Lipinski definition) is 1. The van der Waals surface area contributed by atoms with Crippen molar-refractivity contribution in [1.82, 2.24) is 19.5 Å². The summed E-state index contributed by atoms with van der Waals surface area (Å²) in [6.45, 7) is -0.185. The van der Waals surface area contributed by atoms with Gasteiger partial charge in [0.1, 0.15) is 11.8 Å². The molecule has 6 nitrogen and oxygen atoms in total. The molecule has 106 valence electrons. The van der Waals surface area contributed by atoms with Gasteiger partial charge in [-0.05, 0) is 12.8 Å². The van der Waals surface area contributed by atoms with Crippen molar-refractivity contribution in [3.63, 3.8) is 0 Å². The highest BCUT2D eigenvalue weighted by Gasteiger charge is 2.63. The van der Waals surface area contributed by atoms with Crippen LogP contribution in [0, 0.1) is 5.92 Å². The first-order valence-corrected chi connectivity index (χ1v) is 6.81. The first-order valence-electron chi connectivity index (χ1n) is 6.43. The smallest absolute Gasteiger partial charge is 0.171 e. The molecule has 1 aliphatic carbocycles. The van der Waals surface area contributed by atoms with E-state index in [9.17, 15) is 5.11 Å². The van der Waals surface area contributed by atoms with Crippen molar-refractivity contribution in [2.45, 2.75) is 30.8 Å². The molecular formula is C12H12ClFN4O2. The first kappa shape index (κ1) is 12.4. The molecule has 0 spiro atoms. The minimum Gasteiger partial charge on any atom is -0.394 e. The maximum absolute atomic E-state index is 15.0. The molecule has 0 bridgehead atoms. The van der Waals surface area contributed by atoms with Crippen LogP contribution in [0.1, 0.15) is 19.1 Å². The molecule has 1 saturated heterocycles. The van der Waals surface area contributed by atoms with Crippen LogP contribution in [0.15, 0.2) is 12.7 Å². The SMILES string of the molecule is OC[C@H]1O[C@@H](n2cnc3c(Cl)ncnc32)[C@]2(F)CC[C@H]12. The fourth-order valence-corrected chi connectivity index (χ4v) is 3.40. The summed E-state index contributed by atoms with van der Waals surface area (Å²) in [5.41, 5.74) is -0.612. The van der Waals surface area contributed by atoms with Crippen LogP contribution in [-0.2, 0) is 4.74 Å². The number of rotatable bonds is 2. The van der Waals surface area contributed by atoms with Crippen molar-refractivity contribution in [1.29, 1.82) is 0 Å². The summed E-state index contributed by atoms with van der Waals surface area (Å²) in [6.07, 6.45) is 2.61. The normalized spacial score (nSPS) is 36.0. The highest BCUT2D eigenvalue weighted by atomic mass is 35.5. The summed E-state index contributed by atoms with van der Waals surface area (Å²) in [6, 6.07) is 0. The second-order valence-corrected chi connectivity index (χ2v) is 5.63. The van der Waals surface area contributed by atoms with Crippen LogP contribution in [0.3, 0.4) is 0 Å². The van der Waals surface area contributed by atoms with Crippen molar-refractivity contribution >= 4 is 22.8 Å². The average molecular weight is 299 g/mol. The van der Waals surface area contributed by atoms with E-state index >= 15 is 4.39 Å². The molecule has 2 aromatic heterocycles. The monoisotopic (exact) mass is 298 g/mol. The van der Waals surface area contributed by atoms with Crippen LogP contribution < -0.4 is 0 Å². The standard InChI is InChI=1S/C12H12ClFN4O2/c13-9-8-10(16-4-15-9)18(5-17-8)11-12(14)2-1-6(12)7(3-19)20-11/h4-7,11,19H,1-3H2/t6-,7-,11-,12+/m1/s1. The van der Waals surface area contributed by atoms with E-state index in [4.69, 9.17) is 16.3 Å². The Morgan fingerprint density at radius 3 is 3.00 bits per heavy atom. The van der Waals surface area contributed by atoms with Gasteiger partial charge in [0, 0.05) is 5.92 Å². The van der Waals surface area contributed by atoms with E-state index < -0.39 is 18.0 Å².